The third-order valence-electron chi connectivity index (χ3n) is 7.86. The van der Waals surface area contributed by atoms with Crippen LogP contribution < -0.4 is 10.1 Å². The fourth-order valence-electron chi connectivity index (χ4n) is 5.56. The molecule has 37 heavy (non-hydrogen) atoms. The van der Waals surface area contributed by atoms with E-state index in [4.69, 9.17) is 14.7 Å². The zero-order chi connectivity index (χ0) is 25.0. The normalized spacial score (nSPS) is 14.9. The molecule has 6 heteroatoms. The third-order valence-corrected chi connectivity index (χ3v) is 7.86. The van der Waals surface area contributed by atoms with Crippen LogP contribution in [0.25, 0.3) is 39.6 Å². The maximum atomic E-state index is 5.32. The Balaban J connectivity index is 1.51. The Morgan fingerprint density at radius 1 is 0.892 bits per heavy atom. The van der Waals surface area contributed by atoms with E-state index in [0.717, 1.165) is 51.1 Å². The maximum Gasteiger partial charge on any atom is 0.212 e. The number of ether oxygens (including phenoxy) is 1. The Hall–Kier alpha value is -4.45. The Morgan fingerprint density at radius 3 is 2.43 bits per heavy atom. The first-order valence-electron chi connectivity index (χ1n) is 12.7. The zero-order valence-electron chi connectivity index (χ0n) is 20.9. The molecule has 7 rings (SSSR count). The summed E-state index contributed by atoms with van der Waals surface area (Å²) in [5, 5.41) is 3.53. The van der Waals surface area contributed by atoms with Gasteiger partial charge in [0.1, 0.15) is 5.82 Å². The average molecular weight is 486 g/mol. The Kier molecular flexibility index (Phi) is 4.89. The van der Waals surface area contributed by atoms with Crippen molar-refractivity contribution in [3.63, 3.8) is 0 Å². The van der Waals surface area contributed by atoms with Crippen LogP contribution in [0.3, 0.4) is 0 Å². The van der Waals surface area contributed by atoms with E-state index in [-0.39, 0.29) is 5.41 Å². The number of para-hydroxylation sites is 1. The lowest BCUT2D eigenvalue weighted by Crippen LogP contribution is -2.30. The van der Waals surface area contributed by atoms with Crippen molar-refractivity contribution in [2.75, 3.05) is 12.4 Å². The van der Waals surface area contributed by atoms with Crippen molar-refractivity contribution in [1.82, 2.24) is 19.5 Å². The number of fused-ring (bicyclic) bond motifs is 5. The first-order valence-corrected chi connectivity index (χ1v) is 12.7. The predicted molar refractivity (Wildman–Crippen MR) is 146 cm³/mol. The molecule has 1 aliphatic heterocycles. The van der Waals surface area contributed by atoms with Crippen LogP contribution in [-0.4, -0.2) is 26.6 Å². The standard InChI is InChI=1S/C31H27N5O/c1-31(16-6-17-31)22-13-10-20(11-14-22)28-27(21-12-15-26(37-2)33-19-21)35-30-23-7-3-4-8-24(23)34-29-25(36(28)30)9-5-18-32-29/h3-5,7-15,18-19H,6,16-17H2,1-2H3,(H,32,34). The molecular formula is C31H27N5O. The van der Waals surface area contributed by atoms with Gasteiger partial charge in [0.05, 0.1) is 29.9 Å². The lowest BCUT2D eigenvalue weighted by atomic mass is 9.66. The van der Waals surface area contributed by atoms with E-state index in [1.807, 2.05) is 42.7 Å². The fourth-order valence-corrected chi connectivity index (χ4v) is 5.56. The van der Waals surface area contributed by atoms with E-state index < -0.39 is 0 Å². The van der Waals surface area contributed by atoms with Gasteiger partial charge < -0.3 is 10.1 Å². The van der Waals surface area contributed by atoms with E-state index in [1.165, 1.54) is 24.8 Å². The second kappa shape index (κ2) is 8.30. The molecule has 6 nitrogen and oxygen atoms in total. The molecule has 1 N–H and O–H groups in total. The minimum atomic E-state index is 0.287. The molecule has 5 aromatic rings. The van der Waals surface area contributed by atoms with Gasteiger partial charge in [-0.25, -0.2) is 15.0 Å². The van der Waals surface area contributed by atoms with Crippen LogP contribution in [0.1, 0.15) is 31.7 Å². The van der Waals surface area contributed by atoms with Crippen LogP contribution in [0, 0.1) is 0 Å². The van der Waals surface area contributed by atoms with E-state index >= 15 is 0 Å². The number of anilines is 2. The number of hydrogen-bond acceptors (Lipinski definition) is 5. The number of nitrogens with one attached hydrogen (secondary N) is 1. The van der Waals surface area contributed by atoms with Crippen molar-refractivity contribution in [2.24, 2.45) is 0 Å². The van der Waals surface area contributed by atoms with Crippen LogP contribution >= 0.6 is 0 Å². The topological polar surface area (TPSA) is 64.9 Å². The zero-order valence-corrected chi connectivity index (χ0v) is 20.9. The van der Waals surface area contributed by atoms with Gasteiger partial charge in [-0.2, -0.15) is 0 Å². The van der Waals surface area contributed by atoms with Gasteiger partial charge in [-0.3, -0.25) is 4.57 Å². The number of rotatable bonds is 4. The highest BCUT2D eigenvalue weighted by atomic mass is 16.5. The van der Waals surface area contributed by atoms with E-state index in [1.54, 1.807) is 7.11 Å². The van der Waals surface area contributed by atoms with Crippen molar-refractivity contribution >= 4 is 11.5 Å². The molecule has 2 aliphatic rings. The number of hydrogen-bond donors (Lipinski definition) is 1. The molecule has 0 amide bonds. The third kappa shape index (κ3) is 3.44. The van der Waals surface area contributed by atoms with Crippen molar-refractivity contribution in [1.29, 1.82) is 0 Å². The van der Waals surface area contributed by atoms with Gasteiger partial charge in [-0.1, -0.05) is 49.7 Å². The molecule has 1 aliphatic carbocycles. The summed E-state index contributed by atoms with van der Waals surface area (Å²) in [5.74, 6) is 2.24. The highest BCUT2D eigenvalue weighted by molar-refractivity contribution is 5.90. The number of methoxy groups -OCH3 is 1. The second-order valence-corrected chi connectivity index (χ2v) is 10.1. The molecule has 0 saturated heterocycles. The van der Waals surface area contributed by atoms with Crippen LogP contribution in [0.5, 0.6) is 5.88 Å². The molecule has 4 heterocycles. The molecule has 0 bridgehead atoms. The molecule has 3 aromatic heterocycles. The predicted octanol–water partition coefficient (Wildman–Crippen LogP) is 7.17. The van der Waals surface area contributed by atoms with E-state index in [2.05, 4.69) is 64.3 Å². The molecular weight excluding hydrogens is 458 g/mol. The monoisotopic (exact) mass is 485 g/mol. The van der Waals surface area contributed by atoms with E-state index in [0.29, 0.717) is 5.88 Å². The van der Waals surface area contributed by atoms with Crippen molar-refractivity contribution in [3.05, 3.63) is 90.8 Å². The van der Waals surface area contributed by atoms with E-state index in [9.17, 15) is 0 Å². The molecule has 0 unspecified atom stereocenters. The van der Waals surface area contributed by atoms with Crippen molar-refractivity contribution in [2.45, 2.75) is 31.6 Å². The average Bonchev–Trinajstić information content (AvgIpc) is 3.26. The molecule has 0 atom stereocenters. The van der Waals surface area contributed by atoms with Crippen LogP contribution in [0.2, 0.25) is 0 Å². The minimum Gasteiger partial charge on any atom is -0.481 e. The second-order valence-electron chi connectivity index (χ2n) is 10.1. The van der Waals surface area contributed by atoms with Crippen LogP contribution in [0.15, 0.2) is 85.2 Å². The summed E-state index contributed by atoms with van der Waals surface area (Å²) in [5.41, 5.74) is 8.57. The van der Waals surface area contributed by atoms with Gasteiger partial charge in [-0.15, -0.1) is 0 Å². The highest BCUT2D eigenvalue weighted by Gasteiger charge is 2.34. The van der Waals surface area contributed by atoms with Crippen LogP contribution in [0.4, 0.5) is 11.5 Å². The molecule has 182 valence electrons. The first kappa shape index (κ1) is 21.8. The Bertz CT molecular complexity index is 1620. The molecule has 1 saturated carbocycles. The molecule has 0 radical (unpaired) electrons. The van der Waals surface area contributed by atoms with Crippen molar-refractivity contribution in [3.8, 4) is 45.5 Å². The fraction of sp³-hybridized carbons (Fsp3) is 0.194. The molecule has 2 aromatic carbocycles. The van der Waals surface area contributed by atoms with Gasteiger partial charge in [0.25, 0.3) is 0 Å². The SMILES string of the molecule is COc1ccc(-c2nc3n(c2-c2ccc(C4(C)CCC4)cc2)-c2cccnc2Nc2ccccc2-3)cn1. The molecule has 1 fully saturated rings. The number of pyridine rings is 2. The van der Waals surface area contributed by atoms with Gasteiger partial charge in [0.15, 0.2) is 5.82 Å². The lowest BCUT2D eigenvalue weighted by Gasteiger charge is -2.39. The van der Waals surface area contributed by atoms with Gasteiger partial charge >= 0.3 is 0 Å². The smallest absolute Gasteiger partial charge is 0.212 e. The summed E-state index contributed by atoms with van der Waals surface area (Å²) >= 11 is 0. The Morgan fingerprint density at radius 2 is 1.70 bits per heavy atom. The minimum absolute atomic E-state index is 0.287. The number of nitrogens with zero attached hydrogens (tertiary/aromatic N) is 4. The number of aromatic nitrogens is 4. The maximum absolute atomic E-state index is 5.32. The summed E-state index contributed by atoms with van der Waals surface area (Å²) in [6.07, 6.45) is 7.46. The first-order chi connectivity index (χ1) is 18.1. The van der Waals surface area contributed by atoms with Gasteiger partial charge in [0, 0.05) is 35.2 Å². The lowest BCUT2D eigenvalue weighted by molar-refractivity contribution is 0.272. The summed E-state index contributed by atoms with van der Waals surface area (Å²) in [7, 11) is 1.63. The largest absolute Gasteiger partial charge is 0.481 e. The summed E-state index contributed by atoms with van der Waals surface area (Å²) < 4.78 is 7.56. The summed E-state index contributed by atoms with van der Waals surface area (Å²) in [6, 6.07) is 25.3. The van der Waals surface area contributed by atoms with Crippen molar-refractivity contribution < 1.29 is 4.74 Å². The number of benzene rings is 2. The van der Waals surface area contributed by atoms with Gasteiger partial charge in [-0.05, 0) is 54.2 Å². The quantitative estimate of drug-likeness (QED) is 0.287. The van der Waals surface area contributed by atoms with Crippen LogP contribution in [-0.2, 0) is 5.41 Å². The molecule has 0 spiro atoms. The van der Waals surface area contributed by atoms with Gasteiger partial charge in [0.2, 0.25) is 5.88 Å². The highest BCUT2D eigenvalue weighted by Crippen LogP contribution is 2.46. The number of imidazole rings is 1. The Labute approximate surface area is 216 Å². The summed E-state index contributed by atoms with van der Waals surface area (Å²) in [6.45, 7) is 2.37. The summed E-state index contributed by atoms with van der Waals surface area (Å²) in [4.78, 5) is 14.4.